The molecular weight excluding hydrogens is 321 g/mol. The van der Waals surface area contributed by atoms with Gasteiger partial charge in [-0.3, -0.25) is 9.48 Å². The molecule has 0 aliphatic carbocycles. The minimum Gasteiger partial charge on any atom is -0.355 e. The predicted molar refractivity (Wildman–Crippen MR) is 82.1 cm³/mol. The summed E-state index contributed by atoms with van der Waals surface area (Å²) in [5, 5.41) is 10.2. The summed E-state index contributed by atoms with van der Waals surface area (Å²) >= 11 is 0. The first kappa shape index (κ1) is 18.0. The molecule has 1 amide bonds. The Morgan fingerprint density at radius 2 is 1.96 bits per heavy atom. The van der Waals surface area contributed by atoms with E-state index in [-0.39, 0.29) is 18.9 Å². The molecule has 1 N–H and O–H groups in total. The molecule has 2 rings (SSSR count). The summed E-state index contributed by atoms with van der Waals surface area (Å²) in [5.74, 6) is -0.189. The summed E-state index contributed by atoms with van der Waals surface area (Å²) in [5.41, 5.74) is -0.788. The molecule has 2 aromatic rings. The van der Waals surface area contributed by atoms with E-state index in [0.29, 0.717) is 12.1 Å². The number of aryl methyl sites for hydroxylation is 1. The van der Waals surface area contributed by atoms with Gasteiger partial charge in [0.05, 0.1) is 18.3 Å². The number of amides is 1. The number of carbonyl (C=O) groups is 1. The molecule has 8 heteroatoms. The molecule has 0 saturated carbocycles. The molecule has 0 fully saturated rings. The van der Waals surface area contributed by atoms with E-state index in [9.17, 15) is 18.0 Å². The van der Waals surface area contributed by atoms with Gasteiger partial charge in [-0.05, 0) is 11.6 Å². The van der Waals surface area contributed by atoms with E-state index in [2.05, 4.69) is 15.6 Å². The largest absolute Gasteiger partial charge is 0.416 e. The van der Waals surface area contributed by atoms with Gasteiger partial charge in [0, 0.05) is 24.6 Å². The third-order valence-electron chi connectivity index (χ3n) is 3.74. The monoisotopic (exact) mass is 340 g/mol. The van der Waals surface area contributed by atoms with Gasteiger partial charge in [-0.15, -0.1) is 5.10 Å². The van der Waals surface area contributed by atoms with Crippen molar-refractivity contribution >= 4 is 5.91 Å². The maximum atomic E-state index is 12.8. The van der Waals surface area contributed by atoms with Gasteiger partial charge < -0.3 is 5.32 Å². The molecule has 1 heterocycles. The van der Waals surface area contributed by atoms with Gasteiger partial charge in [0.2, 0.25) is 5.91 Å². The number of nitrogens with one attached hydrogen (secondary N) is 1. The summed E-state index contributed by atoms with van der Waals surface area (Å²) in [6.07, 6.45) is -0.982. The number of hydrogen-bond donors (Lipinski definition) is 1. The van der Waals surface area contributed by atoms with E-state index in [1.807, 2.05) is 0 Å². The first-order valence-corrected chi connectivity index (χ1v) is 7.47. The summed E-state index contributed by atoms with van der Waals surface area (Å²) in [4.78, 5) is 11.9. The average Bonchev–Trinajstić information content (AvgIpc) is 3.04. The van der Waals surface area contributed by atoms with Crippen LogP contribution < -0.4 is 5.32 Å². The second kappa shape index (κ2) is 7.02. The first-order chi connectivity index (χ1) is 11.2. The quantitative estimate of drug-likeness (QED) is 0.880. The van der Waals surface area contributed by atoms with Crippen LogP contribution >= 0.6 is 0 Å². The number of benzene rings is 1. The van der Waals surface area contributed by atoms with E-state index < -0.39 is 17.2 Å². The lowest BCUT2D eigenvalue weighted by molar-refractivity contribution is -0.137. The molecule has 0 atom stereocenters. The fourth-order valence-corrected chi connectivity index (χ4v) is 2.19. The molecular formula is C16H19F3N4O. The molecule has 0 unspecified atom stereocenters. The van der Waals surface area contributed by atoms with E-state index in [1.165, 1.54) is 16.9 Å². The predicted octanol–water partition coefficient (Wildman–Crippen LogP) is 2.78. The molecule has 0 saturated heterocycles. The van der Waals surface area contributed by atoms with Gasteiger partial charge in [0.1, 0.15) is 0 Å². The van der Waals surface area contributed by atoms with Crippen molar-refractivity contribution in [2.45, 2.75) is 38.4 Å². The van der Waals surface area contributed by atoms with Crippen molar-refractivity contribution in [2.75, 3.05) is 6.54 Å². The van der Waals surface area contributed by atoms with Crippen molar-refractivity contribution in [2.24, 2.45) is 0 Å². The summed E-state index contributed by atoms with van der Waals surface area (Å²) in [7, 11) is 0. The number of halogens is 3. The van der Waals surface area contributed by atoms with Crippen LogP contribution in [0.5, 0.6) is 0 Å². The molecule has 1 aromatic heterocycles. The zero-order valence-corrected chi connectivity index (χ0v) is 13.5. The van der Waals surface area contributed by atoms with E-state index in [1.54, 1.807) is 26.1 Å². The Morgan fingerprint density at radius 1 is 1.25 bits per heavy atom. The molecule has 0 spiro atoms. The molecule has 5 nitrogen and oxygen atoms in total. The van der Waals surface area contributed by atoms with Crippen molar-refractivity contribution < 1.29 is 18.0 Å². The second-order valence-electron chi connectivity index (χ2n) is 6.16. The minimum absolute atomic E-state index is 0.189. The lowest BCUT2D eigenvalue weighted by Crippen LogP contribution is -2.37. The maximum Gasteiger partial charge on any atom is 0.416 e. The Morgan fingerprint density at radius 3 is 2.58 bits per heavy atom. The highest BCUT2D eigenvalue weighted by atomic mass is 19.4. The Labute approximate surface area is 137 Å². The number of aromatic nitrogens is 3. The summed E-state index contributed by atoms with van der Waals surface area (Å²) < 4.78 is 40.0. The van der Waals surface area contributed by atoms with Gasteiger partial charge in [-0.1, -0.05) is 37.3 Å². The molecule has 130 valence electrons. The molecule has 0 aliphatic heterocycles. The van der Waals surface area contributed by atoms with Gasteiger partial charge in [-0.2, -0.15) is 13.2 Å². The van der Waals surface area contributed by atoms with Gasteiger partial charge in [-0.25, -0.2) is 0 Å². The van der Waals surface area contributed by atoms with Gasteiger partial charge >= 0.3 is 6.18 Å². The topological polar surface area (TPSA) is 59.8 Å². The van der Waals surface area contributed by atoms with Crippen molar-refractivity contribution in [3.8, 4) is 0 Å². The fraction of sp³-hybridized carbons (Fsp3) is 0.438. The number of carbonyl (C=O) groups excluding carboxylic acids is 1. The third-order valence-corrected chi connectivity index (χ3v) is 3.74. The van der Waals surface area contributed by atoms with Crippen molar-refractivity contribution in [3.63, 3.8) is 0 Å². The van der Waals surface area contributed by atoms with Crippen molar-refractivity contribution in [1.29, 1.82) is 0 Å². The lowest BCUT2D eigenvalue weighted by atomic mass is 9.83. The van der Waals surface area contributed by atoms with Gasteiger partial charge in [0.15, 0.2) is 0 Å². The Balaban J connectivity index is 1.94. The fourth-order valence-electron chi connectivity index (χ4n) is 2.19. The van der Waals surface area contributed by atoms with Crippen LogP contribution in [0, 0.1) is 0 Å². The second-order valence-corrected chi connectivity index (χ2v) is 6.16. The van der Waals surface area contributed by atoms with Gasteiger partial charge in [0.25, 0.3) is 0 Å². The summed E-state index contributed by atoms with van der Waals surface area (Å²) in [6, 6.07) is 5.18. The highest BCUT2D eigenvalue weighted by molar-refractivity contribution is 5.75. The SMILES string of the molecule is CC(C)(CNC(=O)CCn1ccnn1)c1cccc(C(F)(F)F)c1. The highest BCUT2D eigenvalue weighted by Crippen LogP contribution is 2.32. The first-order valence-electron chi connectivity index (χ1n) is 7.47. The van der Waals surface area contributed by atoms with Crippen LogP contribution in [0.15, 0.2) is 36.7 Å². The van der Waals surface area contributed by atoms with Crippen LogP contribution in [0.3, 0.4) is 0 Å². The zero-order chi connectivity index (χ0) is 17.8. The highest BCUT2D eigenvalue weighted by Gasteiger charge is 2.32. The molecule has 1 aromatic carbocycles. The standard InChI is InChI=1S/C16H19F3N4O/c1-15(2,12-4-3-5-13(10-12)16(17,18)19)11-20-14(24)6-8-23-9-7-21-22-23/h3-5,7,9-10H,6,8,11H2,1-2H3,(H,20,24). The molecule has 0 bridgehead atoms. The molecule has 24 heavy (non-hydrogen) atoms. The minimum atomic E-state index is -4.38. The summed E-state index contributed by atoms with van der Waals surface area (Å²) in [6.45, 7) is 4.22. The Kier molecular flexibility index (Phi) is 5.26. The Bertz CT molecular complexity index is 681. The number of rotatable bonds is 6. The van der Waals surface area contributed by atoms with Crippen molar-refractivity contribution in [3.05, 3.63) is 47.8 Å². The maximum absolute atomic E-state index is 12.8. The Hall–Kier alpha value is -2.38. The van der Waals surface area contributed by atoms with E-state index >= 15 is 0 Å². The normalized spacial score (nSPS) is 12.2. The zero-order valence-electron chi connectivity index (χ0n) is 13.5. The molecule has 0 radical (unpaired) electrons. The molecule has 0 aliphatic rings. The number of hydrogen-bond acceptors (Lipinski definition) is 3. The smallest absolute Gasteiger partial charge is 0.355 e. The van der Waals surface area contributed by atoms with Crippen LogP contribution in [0.2, 0.25) is 0 Å². The van der Waals surface area contributed by atoms with Crippen LogP contribution in [-0.4, -0.2) is 27.4 Å². The number of alkyl halides is 3. The van der Waals surface area contributed by atoms with E-state index in [4.69, 9.17) is 0 Å². The van der Waals surface area contributed by atoms with Crippen LogP contribution in [0.25, 0.3) is 0 Å². The van der Waals surface area contributed by atoms with Crippen LogP contribution in [0.4, 0.5) is 13.2 Å². The van der Waals surface area contributed by atoms with Crippen LogP contribution in [-0.2, 0) is 22.9 Å². The van der Waals surface area contributed by atoms with E-state index in [0.717, 1.165) is 12.1 Å². The lowest BCUT2D eigenvalue weighted by Gasteiger charge is -2.26. The third kappa shape index (κ3) is 4.81. The average molecular weight is 340 g/mol. The van der Waals surface area contributed by atoms with Crippen LogP contribution in [0.1, 0.15) is 31.4 Å². The van der Waals surface area contributed by atoms with Crippen molar-refractivity contribution in [1.82, 2.24) is 20.3 Å². The number of nitrogens with zero attached hydrogens (tertiary/aromatic N) is 3.